The van der Waals surface area contributed by atoms with Crippen molar-refractivity contribution in [2.75, 3.05) is 6.61 Å². The van der Waals surface area contributed by atoms with Crippen LogP contribution < -0.4 is 15.3 Å². The van der Waals surface area contributed by atoms with Crippen molar-refractivity contribution >= 4 is 17.8 Å². The molecule has 0 aromatic heterocycles. The SMILES string of the molecule is CC(C)(C)c1ccc(OCC(=O)N/N=C\c2ccc([O-])c([N+](=O)[O-])c2)cc1. The van der Waals surface area contributed by atoms with E-state index in [1.54, 1.807) is 12.1 Å². The standard InChI is InChI=1S/C19H21N3O5/c1-19(2,3)14-5-7-15(8-6-14)27-12-18(24)21-20-11-13-4-9-17(23)16(10-13)22(25)26/h4-11,23H,12H2,1-3H3,(H,21,24)/p-1/b20-11-. The highest BCUT2D eigenvalue weighted by Crippen LogP contribution is 2.24. The quantitative estimate of drug-likeness (QED) is 0.476. The minimum absolute atomic E-state index is 0.0317. The smallest absolute Gasteiger partial charge is 0.277 e. The number of nitrogens with zero attached hydrogens (tertiary/aromatic N) is 2. The number of amides is 1. The minimum Gasteiger partial charge on any atom is -0.868 e. The number of hydrogen-bond donors (Lipinski definition) is 1. The molecule has 2 rings (SSSR count). The van der Waals surface area contributed by atoms with Gasteiger partial charge in [0.25, 0.3) is 11.6 Å². The van der Waals surface area contributed by atoms with Gasteiger partial charge >= 0.3 is 0 Å². The average molecular weight is 370 g/mol. The fourth-order valence-electron chi connectivity index (χ4n) is 2.17. The molecule has 2 aromatic carbocycles. The van der Waals surface area contributed by atoms with Crippen LogP contribution in [0.1, 0.15) is 31.9 Å². The number of nitro groups is 1. The van der Waals surface area contributed by atoms with Gasteiger partial charge in [-0.05, 0) is 28.9 Å². The van der Waals surface area contributed by atoms with E-state index in [2.05, 4.69) is 31.3 Å². The van der Waals surface area contributed by atoms with Crippen molar-refractivity contribution in [2.24, 2.45) is 5.10 Å². The highest BCUT2D eigenvalue weighted by atomic mass is 16.6. The summed E-state index contributed by atoms with van der Waals surface area (Å²) in [6.07, 6.45) is 1.21. The summed E-state index contributed by atoms with van der Waals surface area (Å²) in [5, 5.41) is 25.7. The van der Waals surface area contributed by atoms with Crippen LogP contribution in [0.3, 0.4) is 0 Å². The number of hydrazone groups is 1. The number of nitrogens with one attached hydrogen (secondary N) is 1. The largest absolute Gasteiger partial charge is 0.868 e. The third-order valence-electron chi connectivity index (χ3n) is 3.67. The number of carbonyl (C=O) groups is 1. The number of ether oxygens (including phenoxy) is 1. The number of hydrogen-bond acceptors (Lipinski definition) is 6. The third-order valence-corrected chi connectivity index (χ3v) is 3.67. The van der Waals surface area contributed by atoms with Gasteiger partial charge in [-0.15, -0.1) is 0 Å². The number of benzene rings is 2. The van der Waals surface area contributed by atoms with E-state index in [1.807, 2.05) is 12.1 Å². The normalized spacial score (nSPS) is 11.4. The predicted octanol–water partition coefficient (Wildman–Crippen LogP) is 2.50. The molecular formula is C19H20N3O5-. The summed E-state index contributed by atoms with van der Waals surface area (Å²) < 4.78 is 5.39. The van der Waals surface area contributed by atoms with Crippen molar-refractivity contribution in [1.29, 1.82) is 0 Å². The molecule has 0 bridgehead atoms. The van der Waals surface area contributed by atoms with Crippen LogP contribution in [-0.4, -0.2) is 23.7 Å². The minimum atomic E-state index is -0.767. The molecule has 0 heterocycles. The van der Waals surface area contributed by atoms with Crippen LogP contribution in [0, 0.1) is 10.1 Å². The summed E-state index contributed by atoms with van der Waals surface area (Å²) in [5.74, 6) is -0.614. The van der Waals surface area contributed by atoms with Crippen LogP contribution >= 0.6 is 0 Å². The second kappa shape index (κ2) is 8.31. The molecule has 2 aromatic rings. The molecule has 0 radical (unpaired) electrons. The number of carbonyl (C=O) groups excluding carboxylic acids is 1. The van der Waals surface area contributed by atoms with Crippen LogP contribution in [-0.2, 0) is 10.2 Å². The lowest BCUT2D eigenvalue weighted by Gasteiger charge is -2.19. The Labute approximate surface area is 156 Å². The Morgan fingerprint density at radius 3 is 2.48 bits per heavy atom. The van der Waals surface area contributed by atoms with Crippen LogP contribution in [0.25, 0.3) is 0 Å². The van der Waals surface area contributed by atoms with E-state index in [4.69, 9.17) is 4.74 Å². The Balaban J connectivity index is 1.87. The second-order valence-electron chi connectivity index (χ2n) is 6.84. The lowest BCUT2D eigenvalue weighted by atomic mass is 9.87. The van der Waals surface area contributed by atoms with E-state index in [1.165, 1.54) is 12.3 Å². The molecule has 8 nitrogen and oxygen atoms in total. The lowest BCUT2D eigenvalue weighted by molar-refractivity contribution is -0.398. The zero-order valence-corrected chi connectivity index (χ0v) is 15.3. The van der Waals surface area contributed by atoms with Gasteiger partial charge in [0.15, 0.2) is 6.61 Å². The van der Waals surface area contributed by atoms with Crippen molar-refractivity contribution in [2.45, 2.75) is 26.2 Å². The van der Waals surface area contributed by atoms with Crippen LogP contribution in [0.4, 0.5) is 5.69 Å². The maximum absolute atomic E-state index is 11.8. The first-order chi connectivity index (χ1) is 12.7. The monoisotopic (exact) mass is 370 g/mol. The maximum Gasteiger partial charge on any atom is 0.277 e. The number of rotatable bonds is 6. The fraction of sp³-hybridized carbons (Fsp3) is 0.263. The van der Waals surface area contributed by atoms with Crippen molar-refractivity contribution in [3.8, 4) is 11.5 Å². The van der Waals surface area contributed by atoms with Gasteiger partial charge in [-0.1, -0.05) is 45.0 Å². The summed E-state index contributed by atoms with van der Waals surface area (Å²) in [5.41, 5.74) is 3.22. The Hall–Kier alpha value is -3.42. The van der Waals surface area contributed by atoms with Gasteiger partial charge in [-0.25, -0.2) is 5.43 Å². The molecule has 0 saturated heterocycles. The molecular weight excluding hydrogens is 350 g/mol. The van der Waals surface area contributed by atoms with E-state index >= 15 is 0 Å². The van der Waals surface area contributed by atoms with Crippen molar-refractivity contribution in [3.05, 3.63) is 63.7 Å². The van der Waals surface area contributed by atoms with Gasteiger partial charge in [0.05, 0.1) is 11.1 Å². The third kappa shape index (κ3) is 5.81. The molecule has 0 spiro atoms. The maximum atomic E-state index is 11.8. The molecule has 0 aliphatic carbocycles. The molecule has 142 valence electrons. The van der Waals surface area contributed by atoms with Crippen molar-refractivity contribution in [3.63, 3.8) is 0 Å². The Morgan fingerprint density at radius 1 is 1.22 bits per heavy atom. The van der Waals surface area contributed by atoms with Crippen molar-refractivity contribution < 1.29 is 19.6 Å². The van der Waals surface area contributed by atoms with Gasteiger partial charge in [0.2, 0.25) is 0 Å². The van der Waals surface area contributed by atoms with Crippen LogP contribution in [0.15, 0.2) is 47.6 Å². The van der Waals surface area contributed by atoms with E-state index in [0.717, 1.165) is 17.7 Å². The Kier molecular flexibility index (Phi) is 6.12. The van der Waals surface area contributed by atoms with Crippen molar-refractivity contribution in [1.82, 2.24) is 5.43 Å². The van der Waals surface area contributed by atoms with E-state index in [0.29, 0.717) is 11.3 Å². The van der Waals surface area contributed by atoms with Gasteiger partial charge in [0.1, 0.15) is 5.75 Å². The second-order valence-corrected chi connectivity index (χ2v) is 6.84. The Morgan fingerprint density at radius 2 is 1.89 bits per heavy atom. The summed E-state index contributed by atoms with van der Waals surface area (Å²) in [6.45, 7) is 6.08. The first kappa shape index (κ1) is 19.9. The van der Waals surface area contributed by atoms with Crippen LogP contribution in [0.2, 0.25) is 0 Å². The molecule has 1 N–H and O–H groups in total. The highest BCUT2D eigenvalue weighted by molar-refractivity contribution is 5.84. The summed E-state index contributed by atoms with van der Waals surface area (Å²) in [7, 11) is 0. The number of nitro benzene ring substituents is 1. The van der Waals surface area contributed by atoms with Gasteiger partial charge < -0.3 is 9.84 Å². The molecule has 0 aliphatic rings. The summed E-state index contributed by atoms with van der Waals surface area (Å²) in [4.78, 5) is 21.7. The van der Waals surface area contributed by atoms with Gasteiger partial charge in [-0.3, -0.25) is 14.9 Å². The molecule has 0 unspecified atom stereocenters. The summed E-state index contributed by atoms with van der Waals surface area (Å²) in [6, 6.07) is 11.0. The molecule has 1 amide bonds. The van der Waals surface area contributed by atoms with E-state index in [-0.39, 0.29) is 12.0 Å². The first-order valence-corrected chi connectivity index (χ1v) is 8.17. The van der Waals surface area contributed by atoms with E-state index < -0.39 is 22.3 Å². The molecule has 0 aliphatic heterocycles. The van der Waals surface area contributed by atoms with Gasteiger partial charge in [0, 0.05) is 11.6 Å². The zero-order chi connectivity index (χ0) is 20.0. The Bertz CT molecular complexity index is 855. The van der Waals surface area contributed by atoms with Crippen LogP contribution in [0.5, 0.6) is 11.5 Å². The lowest BCUT2D eigenvalue weighted by Crippen LogP contribution is -2.24. The molecule has 8 heteroatoms. The highest BCUT2D eigenvalue weighted by Gasteiger charge is 2.13. The average Bonchev–Trinajstić information content (AvgIpc) is 2.60. The van der Waals surface area contributed by atoms with E-state index in [9.17, 15) is 20.0 Å². The molecule has 0 atom stereocenters. The molecule has 27 heavy (non-hydrogen) atoms. The molecule has 0 fully saturated rings. The molecule has 0 saturated carbocycles. The summed E-state index contributed by atoms with van der Waals surface area (Å²) >= 11 is 0. The predicted molar refractivity (Wildman–Crippen MR) is 98.9 cm³/mol. The first-order valence-electron chi connectivity index (χ1n) is 8.17. The topological polar surface area (TPSA) is 117 Å². The zero-order valence-electron chi connectivity index (χ0n) is 15.3. The fourth-order valence-corrected chi connectivity index (χ4v) is 2.17. The van der Waals surface area contributed by atoms with Gasteiger partial charge in [-0.2, -0.15) is 5.10 Å².